The predicted molar refractivity (Wildman–Crippen MR) is 63.5 cm³/mol. The Morgan fingerprint density at radius 2 is 2.12 bits per heavy atom. The first-order chi connectivity index (χ1) is 7.63. The number of aliphatic hydroxyl groups is 1. The van der Waals surface area contributed by atoms with Gasteiger partial charge in [0.25, 0.3) is 0 Å². The topological polar surface area (TPSA) is 32.3 Å². The molecule has 90 valence electrons. The zero-order valence-corrected chi connectivity index (χ0v) is 9.96. The molecular formula is C13H20FNO. The van der Waals surface area contributed by atoms with E-state index in [-0.39, 0.29) is 12.4 Å². The first-order valence-corrected chi connectivity index (χ1v) is 5.72. The number of hydrogen-bond acceptors (Lipinski definition) is 2. The molecule has 16 heavy (non-hydrogen) atoms. The van der Waals surface area contributed by atoms with Crippen LogP contribution in [0.2, 0.25) is 0 Å². The highest BCUT2D eigenvalue weighted by Crippen LogP contribution is 2.10. The maximum atomic E-state index is 13.3. The molecule has 0 fully saturated rings. The molecule has 2 nitrogen and oxygen atoms in total. The van der Waals surface area contributed by atoms with E-state index in [2.05, 4.69) is 19.2 Å². The minimum atomic E-state index is -0.328. The Hall–Kier alpha value is -0.930. The van der Waals surface area contributed by atoms with Crippen LogP contribution >= 0.6 is 0 Å². The van der Waals surface area contributed by atoms with Crippen molar-refractivity contribution in [3.05, 3.63) is 35.1 Å². The van der Waals surface area contributed by atoms with Crippen LogP contribution in [0, 0.1) is 11.7 Å². The van der Waals surface area contributed by atoms with Crippen LogP contribution in [0.3, 0.4) is 0 Å². The lowest BCUT2D eigenvalue weighted by Gasteiger charge is -2.08. The zero-order valence-electron chi connectivity index (χ0n) is 9.96. The Bertz CT molecular complexity index is 326. The minimum absolute atomic E-state index is 0.243. The van der Waals surface area contributed by atoms with Gasteiger partial charge in [-0.1, -0.05) is 26.0 Å². The van der Waals surface area contributed by atoms with Crippen molar-refractivity contribution >= 4 is 0 Å². The average molecular weight is 225 g/mol. The summed E-state index contributed by atoms with van der Waals surface area (Å²) in [5.74, 6) is 0.353. The summed E-state index contributed by atoms with van der Waals surface area (Å²) in [6.07, 6.45) is 1.12. The van der Waals surface area contributed by atoms with Crippen LogP contribution in [0.25, 0.3) is 0 Å². The van der Waals surface area contributed by atoms with E-state index < -0.39 is 0 Å². The lowest BCUT2D eigenvalue weighted by Crippen LogP contribution is -2.16. The Morgan fingerprint density at radius 1 is 1.38 bits per heavy atom. The molecule has 0 amide bonds. The molecule has 3 heteroatoms. The standard InChI is InChI=1S/C13H20FNO/c1-10(2)5-6-15-8-11-3-4-12(9-16)13(14)7-11/h3-4,7,10,15-16H,5-6,8-9H2,1-2H3. The predicted octanol–water partition coefficient (Wildman–Crippen LogP) is 2.45. The summed E-state index contributed by atoms with van der Waals surface area (Å²) in [6, 6.07) is 4.96. The lowest BCUT2D eigenvalue weighted by atomic mass is 10.1. The van der Waals surface area contributed by atoms with Gasteiger partial charge in [0.15, 0.2) is 0 Å². The van der Waals surface area contributed by atoms with E-state index in [1.165, 1.54) is 6.07 Å². The van der Waals surface area contributed by atoms with Gasteiger partial charge in [0.2, 0.25) is 0 Å². The number of benzene rings is 1. The fourth-order valence-corrected chi connectivity index (χ4v) is 1.45. The van der Waals surface area contributed by atoms with Crippen LogP contribution in [0.4, 0.5) is 4.39 Å². The molecule has 0 aliphatic heterocycles. The van der Waals surface area contributed by atoms with Gasteiger partial charge >= 0.3 is 0 Å². The van der Waals surface area contributed by atoms with Gasteiger partial charge in [-0.2, -0.15) is 0 Å². The first kappa shape index (κ1) is 13.1. The summed E-state index contributed by atoms with van der Waals surface area (Å²) in [6.45, 7) is 5.73. The number of rotatable bonds is 6. The number of aliphatic hydroxyl groups excluding tert-OH is 1. The summed E-state index contributed by atoms with van der Waals surface area (Å²) in [7, 11) is 0. The number of hydrogen-bond donors (Lipinski definition) is 2. The molecule has 0 heterocycles. The molecule has 0 bridgehead atoms. The van der Waals surface area contributed by atoms with Crippen LogP contribution in [0.5, 0.6) is 0 Å². The van der Waals surface area contributed by atoms with Gasteiger partial charge in [-0.05, 0) is 30.5 Å². The maximum absolute atomic E-state index is 13.3. The van der Waals surface area contributed by atoms with E-state index in [0.29, 0.717) is 18.0 Å². The summed E-state index contributed by atoms with van der Waals surface area (Å²) >= 11 is 0. The second kappa shape index (κ2) is 6.61. The van der Waals surface area contributed by atoms with Gasteiger partial charge in [0.1, 0.15) is 5.82 Å². The second-order valence-electron chi connectivity index (χ2n) is 4.44. The van der Waals surface area contributed by atoms with Crippen molar-refractivity contribution in [1.82, 2.24) is 5.32 Å². The fraction of sp³-hybridized carbons (Fsp3) is 0.538. The summed E-state index contributed by atoms with van der Waals surface area (Å²) in [5, 5.41) is 12.1. The summed E-state index contributed by atoms with van der Waals surface area (Å²) < 4.78 is 13.3. The third-order valence-electron chi connectivity index (χ3n) is 2.52. The molecular weight excluding hydrogens is 205 g/mol. The van der Waals surface area contributed by atoms with Crippen LogP contribution in [-0.4, -0.2) is 11.7 Å². The van der Waals surface area contributed by atoms with Crippen LogP contribution < -0.4 is 5.32 Å². The molecule has 0 aliphatic carbocycles. The van der Waals surface area contributed by atoms with E-state index in [0.717, 1.165) is 18.5 Å². The number of halogens is 1. The van der Waals surface area contributed by atoms with Gasteiger partial charge < -0.3 is 10.4 Å². The van der Waals surface area contributed by atoms with Crippen molar-refractivity contribution < 1.29 is 9.50 Å². The SMILES string of the molecule is CC(C)CCNCc1ccc(CO)c(F)c1. The maximum Gasteiger partial charge on any atom is 0.129 e. The van der Waals surface area contributed by atoms with Crippen molar-refractivity contribution in [2.45, 2.75) is 33.4 Å². The molecule has 0 unspecified atom stereocenters. The highest BCUT2D eigenvalue weighted by molar-refractivity contribution is 5.23. The smallest absolute Gasteiger partial charge is 0.129 e. The van der Waals surface area contributed by atoms with Gasteiger partial charge in [-0.25, -0.2) is 4.39 Å². The zero-order chi connectivity index (χ0) is 12.0. The van der Waals surface area contributed by atoms with E-state index >= 15 is 0 Å². The van der Waals surface area contributed by atoms with E-state index in [4.69, 9.17) is 5.11 Å². The molecule has 0 aliphatic rings. The van der Waals surface area contributed by atoms with Gasteiger partial charge in [0.05, 0.1) is 6.61 Å². The highest BCUT2D eigenvalue weighted by atomic mass is 19.1. The monoisotopic (exact) mass is 225 g/mol. The molecule has 1 rings (SSSR count). The van der Waals surface area contributed by atoms with E-state index in [1.54, 1.807) is 6.07 Å². The van der Waals surface area contributed by atoms with Crippen molar-refractivity contribution in [2.75, 3.05) is 6.54 Å². The minimum Gasteiger partial charge on any atom is -0.392 e. The van der Waals surface area contributed by atoms with E-state index in [1.807, 2.05) is 6.07 Å². The van der Waals surface area contributed by atoms with Crippen molar-refractivity contribution in [3.8, 4) is 0 Å². The van der Waals surface area contributed by atoms with Crippen LogP contribution in [0.1, 0.15) is 31.4 Å². The van der Waals surface area contributed by atoms with Gasteiger partial charge in [-0.3, -0.25) is 0 Å². The molecule has 0 spiro atoms. The van der Waals surface area contributed by atoms with Crippen molar-refractivity contribution in [3.63, 3.8) is 0 Å². The lowest BCUT2D eigenvalue weighted by molar-refractivity contribution is 0.275. The third-order valence-corrected chi connectivity index (χ3v) is 2.52. The third kappa shape index (κ3) is 4.29. The van der Waals surface area contributed by atoms with Crippen LogP contribution in [-0.2, 0) is 13.2 Å². The molecule has 1 aromatic carbocycles. The number of nitrogens with one attached hydrogen (secondary N) is 1. The average Bonchev–Trinajstić information content (AvgIpc) is 2.24. The molecule has 0 radical (unpaired) electrons. The Balaban J connectivity index is 2.40. The highest BCUT2D eigenvalue weighted by Gasteiger charge is 2.02. The largest absolute Gasteiger partial charge is 0.392 e. The summed E-state index contributed by atoms with van der Waals surface area (Å²) in [5.41, 5.74) is 1.27. The Labute approximate surface area is 96.5 Å². The van der Waals surface area contributed by atoms with Gasteiger partial charge in [0, 0.05) is 12.1 Å². The van der Waals surface area contributed by atoms with E-state index in [9.17, 15) is 4.39 Å². The Kier molecular flexibility index (Phi) is 5.43. The second-order valence-corrected chi connectivity index (χ2v) is 4.44. The quantitative estimate of drug-likeness (QED) is 0.729. The molecule has 0 saturated carbocycles. The molecule has 0 aromatic heterocycles. The normalized spacial score (nSPS) is 11.1. The van der Waals surface area contributed by atoms with Crippen molar-refractivity contribution in [2.24, 2.45) is 5.92 Å². The first-order valence-electron chi connectivity index (χ1n) is 5.72. The van der Waals surface area contributed by atoms with Crippen LogP contribution in [0.15, 0.2) is 18.2 Å². The Morgan fingerprint density at radius 3 is 2.69 bits per heavy atom. The van der Waals surface area contributed by atoms with Gasteiger partial charge in [-0.15, -0.1) is 0 Å². The summed E-state index contributed by atoms with van der Waals surface area (Å²) in [4.78, 5) is 0. The molecule has 0 atom stereocenters. The molecule has 0 saturated heterocycles. The van der Waals surface area contributed by atoms with Crippen molar-refractivity contribution in [1.29, 1.82) is 0 Å². The molecule has 1 aromatic rings. The fourth-order valence-electron chi connectivity index (χ4n) is 1.45. The molecule has 2 N–H and O–H groups in total.